The fourth-order valence-corrected chi connectivity index (χ4v) is 5.31. The Morgan fingerprint density at radius 1 is 1.17 bits per heavy atom. The molecule has 3 fully saturated rings. The van der Waals surface area contributed by atoms with Crippen LogP contribution in [0.15, 0.2) is 36.8 Å². The maximum absolute atomic E-state index is 12.9. The molecule has 0 radical (unpaired) electrons. The number of nitrogens with one attached hydrogen (secondary N) is 1. The van der Waals surface area contributed by atoms with Crippen LogP contribution in [-0.4, -0.2) is 55.5 Å². The molecule has 10 nitrogen and oxygen atoms in total. The Labute approximate surface area is 214 Å². The third-order valence-corrected chi connectivity index (χ3v) is 7.33. The molecule has 0 unspecified atom stereocenters. The molecule has 2 aliphatic heterocycles. The number of carbonyl (C=O) groups is 1. The van der Waals surface area contributed by atoms with E-state index in [2.05, 4.69) is 49.9 Å². The highest BCUT2D eigenvalue weighted by Crippen LogP contribution is 2.47. The van der Waals surface area contributed by atoms with Crippen molar-refractivity contribution < 1.29 is 14.3 Å². The molecule has 2 saturated heterocycles. The van der Waals surface area contributed by atoms with Gasteiger partial charge in [0.1, 0.15) is 5.82 Å². The molecule has 1 atom stereocenters. The van der Waals surface area contributed by atoms with Crippen LogP contribution in [0.4, 0.5) is 16.7 Å². The van der Waals surface area contributed by atoms with Gasteiger partial charge >= 0.3 is 6.09 Å². The number of amides is 1. The van der Waals surface area contributed by atoms with Crippen LogP contribution in [0.3, 0.4) is 0 Å². The molecule has 2 aromatic heterocycles. The van der Waals surface area contributed by atoms with Gasteiger partial charge in [0.25, 0.3) is 0 Å². The minimum Gasteiger partial charge on any atom is -0.435 e. The van der Waals surface area contributed by atoms with Crippen molar-refractivity contribution in [3.05, 3.63) is 58.9 Å². The average molecular weight is 510 g/mol. The SMILES string of the molecule is Cc1nc(NC2(c3cn(Cc4ccc(Cl)cc4)cn3)CC2)nc(N2C(=O)OC3(COC3)[C@@H]2C(C)C)n1. The molecule has 0 bridgehead atoms. The Kier molecular flexibility index (Phi) is 5.42. The number of aromatic nitrogens is 5. The largest absolute Gasteiger partial charge is 0.435 e. The number of benzene rings is 1. The topological polar surface area (TPSA) is 107 Å². The first-order valence-electron chi connectivity index (χ1n) is 12.1. The van der Waals surface area contributed by atoms with Gasteiger partial charge in [0.05, 0.1) is 36.8 Å². The van der Waals surface area contributed by atoms with Gasteiger partial charge in [-0.1, -0.05) is 37.6 Å². The lowest BCUT2D eigenvalue weighted by Gasteiger charge is -2.42. The minimum absolute atomic E-state index is 0.133. The summed E-state index contributed by atoms with van der Waals surface area (Å²) >= 11 is 6.01. The normalized spacial score (nSPS) is 21.5. The molecule has 11 heteroatoms. The van der Waals surface area contributed by atoms with Crippen molar-refractivity contribution in [1.82, 2.24) is 24.5 Å². The Balaban J connectivity index is 1.24. The zero-order valence-corrected chi connectivity index (χ0v) is 21.2. The van der Waals surface area contributed by atoms with E-state index in [0.29, 0.717) is 37.5 Å². The Bertz CT molecular complexity index is 1300. The van der Waals surface area contributed by atoms with Crippen molar-refractivity contribution in [2.45, 2.75) is 57.3 Å². The van der Waals surface area contributed by atoms with E-state index in [1.165, 1.54) is 0 Å². The van der Waals surface area contributed by atoms with E-state index in [-0.39, 0.29) is 17.5 Å². The number of imidazole rings is 1. The summed E-state index contributed by atoms with van der Waals surface area (Å²) in [6, 6.07) is 7.58. The number of halogens is 1. The third-order valence-electron chi connectivity index (χ3n) is 7.08. The second-order valence-corrected chi connectivity index (χ2v) is 10.7. The first kappa shape index (κ1) is 23.2. The number of hydrogen-bond acceptors (Lipinski definition) is 8. The van der Waals surface area contributed by atoms with Crippen LogP contribution in [-0.2, 0) is 21.6 Å². The van der Waals surface area contributed by atoms with Crippen molar-refractivity contribution in [2.24, 2.45) is 5.92 Å². The van der Waals surface area contributed by atoms with Gasteiger partial charge in [-0.3, -0.25) is 0 Å². The fraction of sp³-hybridized carbons (Fsp3) is 0.480. The smallest absolute Gasteiger partial charge is 0.417 e. The number of ether oxygens (including phenoxy) is 2. The maximum atomic E-state index is 12.9. The molecular formula is C25H28ClN7O3. The minimum atomic E-state index is -0.645. The van der Waals surface area contributed by atoms with Gasteiger partial charge < -0.3 is 19.4 Å². The van der Waals surface area contributed by atoms with Gasteiger partial charge in [-0.05, 0) is 43.4 Å². The monoisotopic (exact) mass is 509 g/mol. The molecule has 3 aliphatic rings. The first-order valence-corrected chi connectivity index (χ1v) is 12.5. The van der Waals surface area contributed by atoms with Crippen molar-refractivity contribution in [3.8, 4) is 0 Å². The van der Waals surface area contributed by atoms with Gasteiger partial charge in [0.2, 0.25) is 11.9 Å². The Morgan fingerprint density at radius 3 is 2.56 bits per heavy atom. The molecule has 1 amide bonds. The molecule has 36 heavy (non-hydrogen) atoms. The van der Waals surface area contributed by atoms with Crippen molar-refractivity contribution in [2.75, 3.05) is 23.4 Å². The molecular weight excluding hydrogens is 482 g/mol. The summed E-state index contributed by atoms with van der Waals surface area (Å²) in [5.41, 5.74) is 1.09. The van der Waals surface area contributed by atoms with Gasteiger partial charge in [-0.2, -0.15) is 15.0 Å². The molecule has 6 rings (SSSR count). The van der Waals surface area contributed by atoms with Crippen LogP contribution in [0.2, 0.25) is 5.02 Å². The summed E-state index contributed by atoms with van der Waals surface area (Å²) in [5, 5.41) is 4.20. The van der Waals surface area contributed by atoms with E-state index in [9.17, 15) is 4.79 Å². The second-order valence-electron chi connectivity index (χ2n) is 10.3. The van der Waals surface area contributed by atoms with Crippen LogP contribution in [0.5, 0.6) is 0 Å². The number of nitrogens with zero attached hydrogens (tertiary/aromatic N) is 6. The molecule has 1 saturated carbocycles. The van der Waals surface area contributed by atoms with E-state index in [4.69, 9.17) is 21.1 Å². The van der Waals surface area contributed by atoms with Gasteiger partial charge in [0, 0.05) is 17.8 Å². The highest BCUT2D eigenvalue weighted by Gasteiger charge is 2.61. The molecule has 1 aliphatic carbocycles. The van der Waals surface area contributed by atoms with Crippen molar-refractivity contribution in [1.29, 1.82) is 0 Å². The fourth-order valence-electron chi connectivity index (χ4n) is 5.19. The predicted octanol–water partition coefficient (Wildman–Crippen LogP) is 3.93. The summed E-state index contributed by atoms with van der Waals surface area (Å²) in [4.78, 5) is 32.8. The van der Waals surface area contributed by atoms with Gasteiger partial charge in [-0.25, -0.2) is 14.7 Å². The van der Waals surface area contributed by atoms with E-state index < -0.39 is 11.7 Å². The molecule has 1 spiro atoms. The van der Waals surface area contributed by atoms with E-state index >= 15 is 0 Å². The zero-order valence-electron chi connectivity index (χ0n) is 20.4. The maximum Gasteiger partial charge on any atom is 0.417 e. The lowest BCUT2D eigenvalue weighted by molar-refractivity contribution is -0.174. The van der Waals surface area contributed by atoms with Crippen LogP contribution in [0.25, 0.3) is 0 Å². The summed E-state index contributed by atoms with van der Waals surface area (Å²) in [5.74, 6) is 1.37. The molecule has 4 heterocycles. The van der Waals surface area contributed by atoms with Crippen LogP contribution in [0, 0.1) is 12.8 Å². The summed E-state index contributed by atoms with van der Waals surface area (Å²) < 4.78 is 13.2. The van der Waals surface area contributed by atoms with E-state index in [1.807, 2.05) is 30.6 Å². The first-order chi connectivity index (χ1) is 17.3. The van der Waals surface area contributed by atoms with Gasteiger partial charge in [-0.15, -0.1) is 0 Å². The number of aryl methyl sites for hydroxylation is 1. The lowest BCUT2D eigenvalue weighted by Crippen LogP contribution is -2.61. The summed E-state index contributed by atoms with van der Waals surface area (Å²) in [7, 11) is 0. The van der Waals surface area contributed by atoms with E-state index in [0.717, 1.165) is 29.1 Å². The Hall–Kier alpha value is -3.24. The number of hydrogen-bond donors (Lipinski definition) is 1. The van der Waals surface area contributed by atoms with Crippen LogP contribution in [0.1, 0.15) is 43.8 Å². The standard InChI is InChI=1S/C25H28ClN7O3/c1-15(2)20-25(12-35-13-25)36-23(34)33(20)22-29-16(3)28-21(30-22)31-24(8-9-24)19-11-32(14-27-19)10-17-4-6-18(26)7-5-17/h4-7,11,14-15,20H,8-10,12-13H2,1-3H3,(H,28,29,30,31)/t20-/m0/s1. The van der Waals surface area contributed by atoms with Crippen molar-refractivity contribution >= 4 is 29.6 Å². The van der Waals surface area contributed by atoms with Gasteiger partial charge in [0.15, 0.2) is 5.60 Å². The Morgan fingerprint density at radius 2 is 1.92 bits per heavy atom. The number of anilines is 2. The highest BCUT2D eigenvalue weighted by atomic mass is 35.5. The van der Waals surface area contributed by atoms with Crippen LogP contribution < -0.4 is 10.2 Å². The summed E-state index contributed by atoms with van der Waals surface area (Å²) in [6.07, 6.45) is 5.26. The molecule has 3 aromatic rings. The molecule has 1 N–H and O–H groups in total. The lowest BCUT2D eigenvalue weighted by atomic mass is 9.84. The summed E-state index contributed by atoms with van der Waals surface area (Å²) in [6.45, 7) is 7.39. The third kappa shape index (κ3) is 3.98. The second kappa shape index (κ2) is 8.41. The molecule has 1 aromatic carbocycles. The van der Waals surface area contributed by atoms with Crippen LogP contribution >= 0.6 is 11.6 Å². The predicted molar refractivity (Wildman–Crippen MR) is 133 cm³/mol. The zero-order chi connectivity index (χ0) is 25.1. The van der Waals surface area contributed by atoms with E-state index in [1.54, 1.807) is 11.8 Å². The quantitative estimate of drug-likeness (QED) is 0.510. The highest BCUT2D eigenvalue weighted by molar-refractivity contribution is 6.30. The van der Waals surface area contributed by atoms with Crippen molar-refractivity contribution in [3.63, 3.8) is 0 Å². The number of rotatable bonds is 7. The molecule has 188 valence electrons. The number of carbonyl (C=O) groups excluding carboxylic acids is 1. The average Bonchev–Trinajstić information content (AvgIpc) is 3.28.